The molecule has 1 amide bonds. The zero-order valence-corrected chi connectivity index (χ0v) is 12.7. The van der Waals surface area contributed by atoms with E-state index in [1.54, 1.807) is 6.07 Å². The second-order valence-electron chi connectivity index (χ2n) is 5.20. The Bertz CT molecular complexity index is 657. The summed E-state index contributed by atoms with van der Waals surface area (Å²) in [7, 11) is 2.06. The van der Waals surface area contributed by atoms with Crippen LogP contribution in [0.5, 0.6) is 0 Å². The molecule has 6 nitrogen and oxygen atoms in total. The lowest BCUT2D eigenvalue weighted by Gasteiger charge is -2.30. The van der Waals surface area contributed by atoms with Crippen molar-refractivity contribution in [2.24, 2.45) is 0 Å². The van der Waals surface area contributed by atoms with E-state index in [-0.39, 0.29) is 12.0 Å². The normalized spacial score (nSPS) is 19.8. The first kappa shape index (κ1) is 14.2. The maximum Gasteiger partial charge on any atom is 0.251 e. The lowest BCUT2D eigenvalue weighted by Crippen LogP contribution is -2.45. The summed E-state index contributed by atoms with van der Waals surface area (Å²) in [5, 5.41) is 3.44. The number of fused-ring (bicyclic) bond motifs is 1. The van der Waals surface area contributed by atoms with Crippen molar-refractivity contribution in [1.82, 2.24) is 15.2 Å². The number of nitrogens with one attached hydrogen (secondary N) is 1. The van der Waals surface area contributed by atoms with E-state index in [0.29, 0.717) is 23.8 Å². The number of nitrogens with two attached hydrogens (primary N) is 1. The quantitative estimate of drug-likeness (QED) is 0.882. The molecule has 1 aromatic carbocycles. The smallest absolute Gasteiger partial charge is 0.251 e. The summed E-state index contributed by atoms with van der Waals surface area (Å²) < 4.78 is 6.55. The Hall–Kier alpha value is -1.70. The third-order valence-corrected chi connectivity index (χ3v) is 4.35. The molecule has 0 spiro atoms. The largest absolute Gasteiger partial charge is 0.375 e. The van der Waals surface area contributed by atoms with E-state index in [1.807, 2.05) is 12.1 Å². The number of benzene rings is 1. The molecule has 112 valence electrons. The minimum Gasteiger partial charge on any atom is -0.375 e. The Morgan fingerprint density at radius 2 is 2.48 bits per heavy atom. The molecule has 1 aromatic heterocycles. The van der Waals surface area contributed by atoms with Crippen molar-refractivity contribution < 1.29 is 9.53 Å². The Kier molecular flexibility index (Phi) is 4.05. The monoisotopic (exact) mass is 306 g/mol. The SMILES string of the molecule is CN1CCOC(CNC(=O)c2ccc3nc(N)sc3c2)C1. The van der Waals surface area contributed by atoms with Gasteiger partial charge in [0.15, 0.2) is 5.13 Å². The van der Waals surface area contributed by atoms with Crippen LogP contribution in [0, 0.1) is 0 Å². The van der Waals surface area contributed by atoms with Crippen molar-refractivity contribution in [3.63, 3.8) is 0 Å². The van der Waals surface area contributed by atoms with Crippen LogP contribution in [0.15, 0.2) is 18.2 Å². The molecule has 21 heavy (non-hydrogen) atoms. The first-order valence-electron chi connectivity index (χ1n) is 6.86. The van der Waals surface area contributed by atoms with Gasteiger partial charge in [-0.3, -0.25) is 4.79 Å². The predicted octanol–water partition coefficient (Wildman–Crippen LogP) is 0.939. The fourth-order valence-electron chi connectivity index (χ4n) is 2.38. The van der Waals surface area contributed by atoms with Gasteiger partial charge in [0.05, 0.1) is 22.9 Å². The van der Waals surface area contributed by atoms with Gasteiger partial charge < -0.3 is 20.7 Å². The van der Waals surface area contributed by atoms with Crippen LogP contribution in [0.25, 0.3) is 10.2 Å². The standard InChI is InChI=1S/C14H18N4O2S/c1-18-4-5-20-10(8-18)7-16-13(19)9-2-3-11-12(6-9)21-14(15)17-11/h2-3,6,10H,4-5,7-8H2,1H3,(H2,15,17)(H,16,19). The summed E-state index contributed by atoms with van der Waals surface area (Å²) in [6.07, 6.45) is 0.0514. The van der Waals surface area contributed by atoms with Gasteiger partial charge in [0.2, 0.25) is 0 Å². The van der Waals surface area contributed by atoms with Crippen LogP contribution in [0.3, 0.4) is 0 Å². The maximum absolute atomic E-state index is 12.2. The first-order chi connectivity index (χ1) is 10.1. The van der Waals surface area contributed by atoms with Crippen molar-refractivity contribution in [2.75, 3.05) is 39.0 Å². The number of rotatable bonds is 3. The number of nitrogen functional groups attached to an aromatic ring is 1. The van der Waals surface area contributed by atoms with E-state index < -0.39 is 0 Å². The number of ether oxygens (including phenoxy) is 1. The van der Waals surface area contributed by atoms with E-state index in [1.165, 1.54) is 11.3 Å². The number of anilines is 1. The van der Waals surface area contributed by atoms with E-state index in [4.69, 9.17) is 10.5 Å². The fourth-order valence-corrected chi connectivity index (χ4v) is 3.16. The van der Waals surface area contributed by atoms with Gasteiger partial charge in [-0.05, 0) is 25.2 Å². The van der Waals surface area contributed by atoms with Gasteiger partial charge in [-0.1, -0.05) is 11.3 Å². The van der Waals surface area contributed by atoms with Crippen LogP contribution in [0.4, 0.5) is 5.13 Å². The maximum atomic E-state index is 12.2. The summed E-state index contributed by atoms with van der Waals surface area (Å²) in [4.78, 5) is 18.6. The molecule has 1 aliphatic rings. The molecule has 0 radical (unpaired) electrons. The van der Waals surface area contributed by atoms with Gasteiger partial charge in [-0.25, -0.2) is 4.98 Å². The fraction of sp³-hybridized carbons (Fsp3) is 0.429. The molecule has 2 heterocycles. The number of carbonyl (C=O) groups is 1. The topological polar surface area (TPSA) is 80.5 Å². The number of hydrogen-bond acceptors (Lipinski definition) is 6. The zero-order chi connectivity index (χ0) is 14.8. The highest BCUT2D eigenvalue weighted by Crippen LogP contribution is 2.24. The zero-order valence-electron chi connectivity index (χ0n) is 11.8. The summed E-state index contributed by atoms with van der Waals surface area (Å²) >= 11 is 1.39. The molecular formula is C14H18N4O2S. The number of hydrogen-bond donors (Lipinski definition) is 2. The van der Waals surface area contributed by atoms with Gasteiger partial charge >= 0.3 is 0 Å². The first-order valence-corrected chi connectivity index (χ1v) is 7.68. The highest BCUT2D eigenvalue weighted by molar-refractivity contribution is 7.22. The van der Waals surface area contributed by atoms with Crippen molar-refractivity contribution in [2.45, 2.75) is 6.10 Å². The Morgan fingerprint density at radius 3 is 3.29 bits per heavy atom. The highest BCUT2D eigenvalue weighted by atomic mass is 32.1. The van der Waals surface area contributed by atoms with Crippen molar-refractivity contribution >= 4 is 32.6 Å². The molecule has 2 aromatic rings. The van der Waals surface area contributed by atoms with Gasteiger partial charge in [0.1, 0.15) is 0 Å². The molecule has 1 aliphatic heterocycles. The molecule has 0 saturated carbocycles. The number of nitrogens with zero attached hydrogens (tertiary/aromatic N) is 2. The molecule has 1 fully saturated rings. The van der Waals surface area contributed by atoms with Gasteiger partial charge in [-0.15, -0.1) is 0 Å². The Morgan fingerprint density at radius 1 is 1.62 bits per heavy atom. The van der Waals surface area contributed by atoms with Gasteiger partial charge in [0.25, 0.3) is 5.91 Å². The molecule has 3 N–H and O–H groups in total. The number of thiazole rings is 1. The van der Waals surface area contributed by atoms with Crippen molar-refractivity contribution in [3.8, 4) is 0 Å². The second kappa shape index (κ2) is 5.97. The van der Waals surface area contributed by atoms with Crippen LogP contribution in [0.1, 0.15) is 10.4 Å². The summed E-state index contributed by atoms with van der Waals surface area (Å²) in [6.45, 7) is 3.01. The van der Waals surface area contributed by atoms with Crippen molar-refractivity contribution in [3.05, 3.63) is 23.8 Å². The molecule has 3 rings (SSSR count). The van der Waals surface area contributed by atoms with Crippen molar-refractivity contribution in [1.29, 1.82) is 0 Å². The second-order valence-corrected chi connectivity index (χ2v) is 6.26. The molecule has 1 atom stereocenters. The minimum atomic E-state index is -0.0966. The van der Waals surface area contributed by atoms with Crippen LogP contribution in [-0.4, -0.2) is 55.2 Å². The minimum absolute atomic E-state index is 0.0514. The van der Waals surface area contributed by atoms with Crippen LogP contribution in [0.2, 0.25) is 0 Å². The molecule has 1 unspecified atom stereocenters. The number of aromatic nitrogens is 1. The van der Waals surface area contributed by atoms with Crippen LogP contribution < -0.4 is 11.1 Å². The average molecular weight is 306 g/mol. The number of amides is 1. The Labute approximate surface area is 126 Å². The Balaban J connectivity index is 1.63. The van der Waals surface area contributed by atoms with E-state index in [0.717, 1.165) is 23.3 Å². The number of carbonyl (C=O) groups excluding carboxylic acids is 1. The molecule has 7 heteroatoms. The number of morpholine rings is 1. The average Bonchev–Trinajstić information content (AvgIpc) is 2.84. The van der Waals surface area contributed by atoms with E-state index in [2.05, 4.69) is 22.2 Å². The van der Waals surface area contributed by atoms with E-state index in [9.17, 15) is 4.79 Å². The predicted molar refractivity (Wildman–Crippen MR) is 83.6 cm³/mol. The van der Waals surface area contributed by atoms with Crippen LogP contribution >= 0.6 is 11.3 Å². The van der Waals surface area contributed by atoms with Gasteiger partial charge in [-0.2, -0.15) is 0 Å². The number of likely N-dealkylation sites (N-methyl/N-ethyl adjacent to an activating group) is 1. The summed E-state index contributed by atoms with van der Waals surface area (Å²) in [5.41, 5.74) is 7.12. The highest BCUT2D eigenvalue weighted by Gasteiger charge is 2.18. The lowest BCUT2D eigenvalue weighted by atomic mass is 10.2. The molecular weight excluding hydrogens is 288 g/mol. The summed E-state index contributed by atoms with van der Waals surface area (Å²) in [6, 6.07) is 5.42. The lowest BCUT2D eigenvalue weighted by molar-refractivity contribution is -0.0175. The van der Waals surface area contributed by atoms with E-state index >= 15 is 0 Å². The molecule has 0 bridgehead atoms. The molecule has 0 aliphatic carbocycles. The van der Waals surface area contributed by atoms with Gasteiger partial charge in [0, 0.05) is 25.2 Å². The molecule has 1 saturated heterocycles. The third kappa shape index (κ3) is 3.31. The summed E-state index contributed by atoms with van der Waals surface area (Å²) in [5.74, 6) is -0.0966. The van der Waals surface area contributed by atoms with Crippen LogP contribution in [-0.2, 0) is 4.74 Å². The third-order valence-electron chi connectivity index (χ3n) is 3.50.